The molecule has 2 aromatic rings. The van der Waals surface area contributed by atoms with Crippen LogP contribution in [-0.4, -0.2) is 41.4 Å². The number of carbonyl (C=O) groups is 1. The van der Waals surface area contributed by atoms with Gasteiger partial charge < -0.3 is 16.0 Å². The summed E-state index contributed by atoms with van der Waals surface area (Å²) in [6.45, 7) is 3.82. The van der Waals surface area contributed by atoms with Crippen molar-refractivity contribution >= 4 is 23.1 Å². The SMILES string of the molecule is Nc1c(-c2ccccc2)nsc1C(=O)NCCN1CCCC1. The third-order valence-corrected chi connectivity index (χ3v) is 4.76. The molecule has 1 amide bonds. The summed E-state index contributed by atoms with van der Waals surface area (Å²) in [7, 11) is 0. The monoisotopic (exact) mass is 316 g/mol. The van der Waals surface area contributed by atoms with Gasteiger partial charge in [0.2, 0.25) is 0 Å². The highest BCUT2D eigenvalue weighted by atomic mass is 32.1. The molecule has 0 radical (unpaired) electrons. The predicted octanol–water partition coefficient (Wildman–Crippen LogP) is 2.22. The van der Waals surface area contributed by atoms with E-state index in [-0.39, 0.29) is 5.91 Å². The molecule has 1 aliphatic heterocycles. The molecule has 0 aliphatic carbocycles. The molecule has 5 nitrogen and oxygen atoms in total. The number of hydrogen-bond acceptors (Lipinski definition) is 5. The number of hydrogen-bond donors (Lipinski definition) is 2. The summed E-state index contributed by atoms with van der Waals surface area (Å²) >= 11 is 1.16. The van der Waals surface area contributed by atoms with Crippen LogP contribution in [0, 0.1) is 0 Å². The van der Waals surface area contributed by atoms with Crippen LogP contribution < -0.4 is 11.1 Å². The summed E-state index contributed by atoms with van der Waals surface area (Å²) in [5, 5.41) is 2.94. The second-order valence-electron chi connectivity index (χ2n) is 5.44. The molecule has 116 valence electrons. The number of likely N-dealkylation sites (tertiary alicyclic amines) is 1. The lowest BCUT2D eigenvalue weighted by Gasteiger charge is -2.14. The molecule has 22 heavy (non-hydrogen) atoms. The fraction of sp³-hybridized carbons (Fsp3) is 0.375. The Hall–Kier alpha value is -1.92. The van der Waals surface area contributed by atoms with Crippen molar-refractivity contribution in [3.05, 3.63) is 35.2 Å². The molecular weight excluding hydrogens is 296 g/mol. The van der Waals surface area contributed by atoms with Crippen molar-refractivity contribution in [3.8, 4) is 11.3 Å². The van der Waals surface area contributed by atoms with Crippen molar-refractivity contribution in [2.75, 3.05) is 31.9 Å². The van der Waals surface area contributed by atoms with E-state index in [1.54, 1.807) is 0 Å². The second-order valence-corrected chi connectivity index (χ2v) is 6.22. The quantitative estimate of drug-likeness (QED) is 0.887. The maximum Gasteiger partial charge on any atom is 0.265 e. The molecule has 1 saturated heterocycles. The van der Waals surface area contributed by atoms with E-state index < -0.39 is 0 Å². The Bertz CT molecular complexity index is 635. The average Bonchev–Trinajstić information content (AvgIpc) is 3.18. The smallest absolute Gasteiger partial charge is 0.265 e. The van der Waals surface area contributed by atoms with E-state index in [2.05, 4.69) is 14.6 Å². The second kappa shape index (κ2) is 6.89. The van der Waals surface area contributed by atoms with E-state index >= 15 is 0 Å². The van der Waals surface area contributed by atoms with Gasteiger partial charge in [0.25, 0.3) is 5.91 Å². The minimum absolute atomic E-state index is 0.128. The van der Waals surface area contributed by atoms with E-state index in [9.17, 15) is 4.79 Å². The van der Waals surface area contributed by atoms with Crippen LogP contribution in [0.15, 0.2) is 30.3 Å². The van der Waals surface area contributed by atoms with Gasteiger partial charge in [-0.1, -0.05) is 30.3 Å². The molecule has 0 atom stereocenters. The van der Waals surface area contributed by atoms with E-state index in [0.717, 1.165) is 36.7 Å². The van der Waals surface area contributed by atoms with Gasteiger partial charge in [0.05, 0.1) is 5.69 Å². The molecule has 1 fully saturated rings. The molecule has 2 heterocycles. The van der Waals surface area contributed by atoms with Gasteiger partial charge in [-0.15, -0.1) is 0 Å². The Morgan fingerprint density at radius 3 is 2.73 bits per heavy atom. The number of amides is 1. The highest BCUT2D eigenvalue weighted by Crippen LogP contribution is 2.30. The first kappa shape index (κ1) is 15.0. The standard InChI is InChI=1S/C16H20N4OS/c17-13-14(12-6-2-1-3-7-12)19-22-15(13)16(21)18-8-11-20-9-4-5-10-20/h1-3,6-7H,4-5,8-11,17H2,(H,18,21). The summed E-state index contributed by atoms with van der Waals surface area (Å²) in [6.07, 6.45) is 2.52. The topological polar surface area (TPSA) is 71.2 Å². The molecule has 6 heteroatoms. The lowest BCUT2D eigenvalue weighted by atomic mass is 10.1. The Morgan fingerprint density at radius 2 is 2.00 bits per heavy atom. The van der Waals surface area contributed by atoms with Gasteiger partial charge in [-0.25, -0.2) is 0 Å². The Balaban J connectivity index is 1.62. The summed E-state index contributed by atoms with van der Waals surface area (Å²) in [6, 6.07) is 9.70. The van der Waals surface area contributed by atoms with Crippen LogP contribution in [-0.2, 0) is 0 Å². The van der Waals surface area contributed by atoms with Crippen LogP contribution in [0.2, 0.25) is 0 Å². The van der Waals surface area contributed by atoms with Crippen LogP contribution in [0.25, 0.3) is 11.3 Å². The zero-order valence-corrected chi connectivity index (χ0v) is 13.2. The summed E-state index contributed by atoms with van der Waals surface area (Å²) in [5.74, 6) is -0.128. The van der Waals surface area contributed by atoms with Gasteiger partial charge in [-0.2, -0.15) is 4.37 Å². The molecule has 3 rings (SSSR count). The predicted molar refractivity (Wildman–Crippen MR) is 90.0 cm³/mol. The number of anilines is 1. The number of nitrogen functional groups attached to an aromatic ring is 1. The zero-order valence-electron chi connectivity index (χ0n) is 12.4. The molecule has 0 bridgehead atoms. The van der Waals surface area contributed by atoms with Gasteiger partial charge in [-0.05, 0) is 37.5 Å². The summed E-state index contributed by atoms with van der Waals surface area (Å²) < 4.78 is 4.34. The molecule has 0 spiro atoms. The highest BCUT2D eigenvalue weighted by Gasteiger charge is 2.18. The lowest BCUT2D eigenvalue weighted by Crippen LogP contribution is -2.33. The zero-order chi connectivity index (χ0) is 15.4. The number of aromatic nitrogens is 1. The Kier molecular flexibility index (Phi) is 4.70. The summed E-state index contributed by atoms with van der Waals surface area (Å²) in [4.78, 5) is 15.1. The van der Waals surface area contributed by atoms with Crippen LogP contribution in [0.5, 0.6) is 0 Å². The van der Waals surface area contributed by atoms with Crippen molar-refractivity contribution in [1.82, 2.24) is 14.6 Å². The number of carbonyl (C=O) groups excluding carboxylic acids is 1. The first-order valence-electron chi connectivity index (χ1n) is 7.57. The number of rotatable bonds is 5. The van der Waals surface area contributed by atoms with Crippen molar-refractivity contribution in [3.63, 3.8) is 0 Å². The van der Waals surface area contributed by atoms with Crippen LogP contribution in [0.3, 0.4) is 0 Å². The maximum absolute atomic E-state index is 12.2. The van der Waals surface area contributed by atoms with E-state index in [1.807, 2.05) is 30.3 Å². The number of benzene rings is 1. The van der Waals surface area contributed by atoms with E-state index in [0.29, 0.717) is 22.8 Å². The molecular formula is C16H20N4OS. The minimum Gasteiger partial charge on any atom is -0.396 e. The van der Waals surface area contributed by atoms with Gasteiger partial charge in [-0.3, -0.25) is 4.79 Å². The normalized spacial score (nSPS) is 15.1. The lowest BCUT2D eigenvalue weighted by molar-refractivity contribution is 0.0954. The van der Waals surface area contributed by atoms with Crippen molar-refractivity contribution in [2.45, 2.75) is 12.8 Å². The fourth-order valence-electron chi connectivity index (χ4n) is 2.68. The largest absolute Gasteiger partial charge is 0.396 e. The molecule has 3 N–H and O–H groups in total. The molecule has 1 aromatic carbocycles. The van der Waals surface area contributed by atoms with Gasteiger partial charge >= 0.3 is 0 Å². The fourth-order valence-corrected chi connectivity index (χ4v) is 3.42. The van der Waals surface area contributed by atoms with Gasteiger partial charge in [0, 0.05) is 18.7 Å². The number of nitrogens with zero attached hydrogens (tertiary/aromatic N) is 2. The number of nitrogens with one attached hydrogen (secondary N) is 1. The first-order valence-corrected chi connectivity index (χ1v) is 8.34. The Morgan fingerprint density at radius 1 is 1.27 bits per heavy atom. The van der Waals surface area contributed by atoms with Gasteiger partial charge in [0.1, 0.15) is 10.6 Å². The van der Waals surface area contributed by atoms with Crippen LogP contribution >= 0.6 is 11.5 Å². The van der Waals surface area contributed by atoms with Crippen LogP contribution in [0.4, 0.5) is 5.69 Å². The molecule has 1 aromatic heterocycles. The third kappa shape index (κ3) is 3.28. The third-order valence-electron chi connectivity index (χ3n) is 3.89. The Labute approximate surface area is 134 Å². The molecule has 0 saturated carbocycles. The summed E-state index contributed by atoms with van der Waals surface area (Å²) in [5.41, 5.74) is 8.20. The van der Waals surface area contributed by atoms with E-state index in [1.165, 1.54) is 12.8 Å². The van der Waals surface area contributed by atoms with Crippen LogP contribution in [0.1, 0.15) is 22.5 Å². The van der Waals surface area contributed by atoms with E-state index in [4.69, 9.17) is 5.73 Å². The average molecular weight is 316 g/mol. The highest BCUT2D eigenvalue weighted by molar-refractivity contribution is 7.09. The van der Waals surface area contributed by atoms with Gasteiger partial charge in [0.15, 0.2) is 0 Å². The molecule has 1 aliphatic rings. The van der Waals surface area contributed by atoms with Crippen molar-refractivity contribution < 1.29 is 4.79 Å². The van der Waals surface area contributed by atoms with Crippen molar-refractivity contribution in [2.24, 2.45) is 0 Å². The van der Waals surface area contributed by atoms with Crippen molar-refractivity contribution in [1.29, 1.82) is 0 Å². The first-order chi connectivity index (χ1) is 10.8. The number of nitrogens with two attached hydrogens (primary N) is 1. The maximum atomic E-state index is 12.2. The minimum atomic E-state index is -0.128. The molecule has 0 unspecified atom stereocenters.